The molecule has 0 fully saturated rings. The van der Waals surface area contributed by atoms with Crippen LogP contribution in [0.2, 0.25) is 0 Å². The molecule has 14 heavy (non-hydrogen) atoms. The fraction of sp³-hybridized carbons (Fsp3) is 0.333. The summed E-state index contributed by atoms with van der Waals surface area (Å²) >= 11 is 3.31. The Bertz CT molecular complexity index is 394. The third-order valence-corrected chi connectivity index (χ3v) is 3.76. The summed E-state index contributed by atoms with van der Waals surface area (Å²) in [7, 11) is 0. The number of hydrogen-bond acceptors (Lipinski definition) is 5. The SMILES string of the molecule is Cc1ncc(C(N)Cc2cncs2)s1. The lowest BCUT2D eigenvalue weighted by Gasteiger charge is -2.05. The maximum atomic E-state index is 6.05. The van der Waals surface area contributed by atoms with Crippen molar-refractivity contribution in [2.75, 3.05) is 0 Å². The largest absolute Gasteiger partial charge is 0.323 e. The van der Waals surface area contributed by atoms with E-state index in [9.17, 15) is 0 Å². The van der Waals surface area contributed by atoms with Gasteiger partial charge in [-0.2, -0.15) is 0 Å². The molecule has 0 radical (unpaired) electrons. The number of hydrogen-bond donors (Lipinski definition) is 1. The van der Waals surface area contributed by atoms with E-state index in [1.54, 1.807) is 22.7 Å². The molecule has 2 heterocycles. The van der Waals surface area contributed by atoms with Crippen molar-refractivity contribution in [3.05, 3.63) is 32.7 Å². The smallest absolute Gasteiger partial charge is 0.0897 e. The number of nitrogens with zero attached hydrogens (tertiary/aromatic N) is 2. The Hall–Kier alpha value is -0.780. The van der Waals surface area contributed by atoms with Gasteiger partial charge in [-0.15, -0.1) is 22.7 Å². The number of aromatic nitrogens is 2. The Morgan fingerprint density at radius 2 is 2.36 bits per heavy atom. The lowest BCUT2D eigenvalue weighted by Crippen LogP contribution is -2.10. The molecule has 0 aliphatic heterocycles. The standard InChI is InChI=1S/C9H11N3S2/c1-6-12-4-9(14-6)8(10)2-7-3-11-5-13-7/h3-5,8H,2,10H2,1H3. The van der Waals surface area contributed by atoms with Gasteiger partial charge in [0, 0.05) is 34.6 Å². The van der Waals surface area contributed by atoms with Crippen LogP contribution in [-0.2, 0) is 6.42 Å². The zero-order valence-electron chi connectivity index (χ0n) is 7.80. The summed E-state index contributed by atoms with van der Waals surface area (Å²) in [5.74, 6) is 0. The van der Waals surface area contributed by atoms with Crippen molar-refractivity contribution in [3.63, 3.8) is 0 Å². The Morgan fingerprint density at radius 1 is 1.50 bits per heavy atom. The minimum absolute atomic E-state index is 0.0571. The van der Waals surface area contributed by atoms with Crippen molar-refractivity contribution in [2.45, 2.75) is 19.4 Å². The third kappa shape index (κ3) is 2.17. The van der Waals surface area contributed by atoms with E-state index >= 15 is 0 Å². The minimum Gasteiger partial charge on any atom is -0.323 e. The van der Waals surface area contributed by atoms with Gasteiger partial charge in [0.25, 0.3) is 0 Å². The molecule has 0 saturated carbocycles. The second-order valence-electron chi connectivity index (χ2n) is 3.06. The van der Waals surface area contributed by atoms with Gasteiger partial charge in [-0.05, 0) is 6.92 Å². The first-order valence-electron chi connectivity index (χ1n) is 4.31. The maximum absolute atomic E-state index is 6.05. The predicted molar refractivity (Wildman–Crippen MR) is 59.6 cm³/mol. The van der Waals surface area contributed by atoms with E-state index in [1.165, 1.54) is 4.88 Å². The second-order valence-corrected chi connectivity index (χ2v) is 5.30. The summed E-state index contributed by atoms with van der Waals surface area (Å²) in [6, 6.07) is 0.0571. The molecule has 0 spiro atoms. The first-order chi connectivity index (χ1) is 6.75. The molecule has 2 aromatic rings. The lowest BCUT2D eigenvalue weighted by atomic mass is 10.2. The van der Waals surface area contributed by atoms with E-state index in [0.29, 0.717) is 0 Å². The Balaban J connectivity index is 2.06. The number of thiazole rings is 2. The van der Waals surface area contributed by atoms with Gasteiger partial charge in [-0.1, -0.05) is 0 Å². The van der Waals surface area contributed by atoms with Crippen molar-refractivity contribution in [1.82, 2.24) is 9.97 Å². The van der Waals surface area contributed by atoms with Gasteiger partial charge in [0.15, 0.2) is 0 Å². The van der Waals surface area contributed by atoms with Gasteiger partial charge in [-0.3, -0.25) is 4.98 Å². The average molecular weight is 225 g/mol. The summed E-state index contributed by atoms with van der Waals surface area (Å²) in [5.41, 5.74) is 7.88. The lowest BCUT2D eigenvalue weighted by molar-refractivity contribution is 0.742. The van der Waals surface area contributed by atoms with E-state index in [2.05, 4.69) is 9.97 Å². The second kappa shape index (κ2) is 4.16. The molecule has 0 amide bonds. The van der Waals surface area contributed by atoms with E-state index < -0.39 is 0 Å². The molecular weight excluding hydrogens is 214 g/mol. The molecule has 1 atom stereocenters. The third-order valence-electron chi connectivity index (χ3n) is 1.91. The van der Waals surface area contributed by atoms with Crippen molar-refractivity contribution < 1.29 is 0 Å². The van der Waals surface area contributed by atoms with Gasteiger partial charge >= 0.3 is 0 Å². The summed E-state index contributed by atoms with van der Waals surface area (Å²) in [4.78, 5) is 10.6. The summed E-state index contributed by atoms with van der Waals surface area (Å²) < 4.78 is 0. The zero-order chi connectivity index (χ0) is 9.97. The predicted octanol–water partition coefficient (Wildman–Crippen LogP) is 2.15. The van der Waals surface area contributed by atoms with E-state index in [4.69, 9.17) is 5.73 Å². The highest BCUT2D eigenvalue weighted by Crippen LogP contribution is 2.22. The molecule has 1 unspecified atom stereocenters. The van der Waals surface area contributed by atoms with Crippen molar-refractivity contribution in [2.24, 2.45) is 5.73 Å². The monoisotopic (exact) mass is 225 g/mol. The molecule has 74 valence electrons. The summed E-state index contributed by atoms with van der Waals surface area (Å²) in [6.45, 7) is 1.99. The maximum Gasteiger partial charge on any atom is 0.0897 e. The fourth-order valence-electron chi connectivity index (χ4n) is 1.21. The van der Waals surface area contributed by atoms with Crippen LogP contribution in [0.25, 0.3) is 0 Å². The topological polar surface area (TPSA) is 51.8 Å². The van der Waals surface area contributed by atoms with Crippen molar-refractivity contribution >= 4 is 22.7 Å². The first kappa shape index (κ1) is 9.76. The molecule has 0 aliphatic carbocycles. The Kier molecular flexibility index (Phi) is 2.90. The number of aryl methyl sites for hydroxylation is 1. The molecular formula is C9H11N3S2. The van der Waals surface area contributed by atoms with E-state index in [0.717, 1.165) is 16.3 Å². The normalized spacial score (nSPS) is 13.0. The van der Waals surface area contributed by atoms with Gasteiger partial charge in [0.1, 0.15) is 0 Å². The van der Waals surface area contributed by atoms with Gasteiger partial charge in [0.05, 0.1) is 10.5 Å². The van der Waals surface area contributed by atoms with Gasteiger partial charge < -0.3 is 5.73 Å². The van der Waals surface area contributed by atoms with Crippen molar-refractivity contribution in [1.29, 1.82) is 0 Å². The van der Waals surface area contributed by atoms with Crippen LogP contribution < -0.4 is 5.73 Å². The van der Waals surface area contributed by atoms with Gasteiger partial charge in [0.2, 0.25) is 0 Å². The molecule has 0 saturated heterocycles. The summed E-state index contributed by atoms with van der Waals surface area (Å²) in [6.07, 6.45) is 4.59. The molecule has 0 aromatic carbocycles. The van der Waals surface area contributed by atoms with E-state index in [1.807, 2.05) is 24.8 Å². The highest BCUT2D eigenvalue weighted by molar-refractivity contribution is 7.11. The van der Waals surface area contributed by atoms with Crippen LogP contribution in [0.4, 0.5) is 0 Å². The first-order valence-corrected chi connectivity index (χ1v) is 6.00. The van der Waals surface area contributed by atoms with Crippen LogP contribution in [-0.4, -0.2) is 9.97 Å². The number of nitrogens with two attached hydrogens (primary N) is 1. The van der Waals surface area contributed by atoms with Crippen LogP contribution in [0.1, 0.15) is 20.8 Å². The van der Waals surface area contributed by atoms with Crippen LogP contribution in [0.3, 0.4) is 0 Å². The zero-order valence-corrected chi connectivity index (χ0v) is 9.44. The molecule has 2 N–H and O–H groups in total. The molecule has 2 rings (SSSR count). The summed E-state index contributed by atoms with van der Waals surface area (Å²) in [5, 5.41) is 1.07. The highest BCUT2D eigenvalue weighted by atomic mass is 32.1. The molecule has 5 heteroatoms. The quantitative estimate of drug-likeness (QED) is 0.870. The van der Waals surface area contributed by atoms with Crippen LogP contribution in [0.5, 0.6) is 0 Å². The van der Waals surface area contributed by atoms with Crippen LogP contribution >= 0.6 is 22.7 Å². The molecule has 0 bridgehead atoms. The Labute approximate surface area is 90.6 Å². The van der Waals surface area contributed by atoms with Crippen LogP contribution in [0, 0.1) is 6.92 Å². The Morgan fingerprint density at radius 3 is 2.93 bits per heavy atom. The minimum atomic E-state index is 0.0571. The molecule has 3 nitrogen and oxygen atoms in total. The average Bonchev–Trinajstić information content (AvgIpc) is 2.75. The van der Waals surface area contributed by atoms with Crippen molar-refractivity contribution in [3.8, 4) is 0 Å². The molecule has 2 aromatic heterocycles. The van der Waals surface area contributed by atoms with Gasteiger partial charge in [-0.25, -0.2) is 4.98 Å². The fourth-order valence-corrected chi connectivity index (χ4v) is 2.65. The number of rotatable bonds is 3. The highest BCUT2D eigenvalue weighted by Gasteiger charge is 2.10. The van der Waals surface area contributed by atoms with Crippen LogP contribution in [0.15, 0.2) is 17.9 Å². The molecule has 0 aliphatic rings. The van der Waals surface area contributed by atoms with E-state index in [-0.39, 0.29) is 6.04 Å².